The molecule has 0 unspecified atom stereocenters. The molecule has 2 rings (SSSR count). The van der Waals surface area contributed by atoms with E-state index in [1.807, 2.05) is 20.8 Å². The highest BCUT2D eigenvalue weighted by Gasteiger charge is 2.32. The Morgan fingerprint density at radius 2 is 2.00 bits per heavy atom. The molecule has 1 fully saturated rings. The highest BCUT2D eigenvalue weighted by molar-refractivity contribution is 5.80. The summed E-state index contributed by atoms with van der Waals surface area (Å²) in [7, 11) is 1.67. The molecule has 1 aliphatic rings. The molecule has 2 amide bonds. The molecule has 1 aromatic carbocycles. The van der Waals surface area contributed by atoms with Crippen LogP contribution in [0.15, 0.2) is 24.3 Å². The Labute approximate surface area is 148 Å². The van der Waals surface area contributed by atoms with Gasteiger partial charge >= 0.3 is 6.09 Å². The molecule has 6 heteroatoms. The third kappa shape index (κ3) is 5.44. The first-order chi connectivity index (χ1) is 11.7. The van der Waals surface area contributed by atoms with E-state index in [9.17, 15) is 14.0 Å². The van der Waals surface area contributed by atoms with Gasteiger partial charge in [0.05, 0.1) is 5.92 Å². The summed E-state index contributed by atoms with van der Waals surface area (Å²) in [6, 6.07) is 6.44. The molecule has 138 valence electrons. The molecule has 0 radical (unpaired) electrons. The maximum Gasteiger partial charge on any atom is 0.410 e. The zero-order valence-corrected chi connectivity index (χ0v) is 15.4. The first-order valence-corrected chi connectivity index (χ1v) is 8.63. The largest absolute Gasteiger partial charge is 0.444 e. The van der Waals surface area contributed by atoms with Gasteiger partial charge in [-0.05, 0) is 39.7 Å². The fourth-order valence-corrected chi connectivity index (χ4v) is 2.94. The van der Waals surface area contributed by atoms with Crippen LogP contribution in [0, 0.1) is 11.7 Å². The van der Waals surface area contributed by atoms with E-state index in [1.54, 1.807) is 30.1 Å². The van der Waals surface area contributed by atoms with Gasteiger partial charge in [-0.15, -0.1) is 0 Å². The molecule has 1 heterocycles. The van der Waals surface area contributed by atoms with Gasteiger partial charge in [0, 0.05) is 32.2 Å². The van der Waals surface area contributed by atoms with Crippen LogP contribution >= 0.6 is 0 Å². The SMILES string of the molecule is CN(Cc1ccccc1F)C(=O)[C@@H]1CCCN(C(=O)OC(C)(C)C)C1. The standard InChI is InChI=1S/C19H27FN2O3/c1-19(2,3)25-18(24)22-11-7-9-15(13-22)17(23)21(4)12-14-8-5-6-10-16(14)20/h5-6,8,10,15H,7,9,11-13H2,1-4H3/t15-/m1/s1. The van der Waals surface area contributed by atoms with Crippen molar-refractivity contribution in [3.63, 3.8) is 0 Å². The van der Waals surface area contributed by atoms with Crippen molar-refractivity contribution in [2.75, 3.05) is 20.1 Å². The number of benzene rings is 1. The van der Waals surface area contributed by atoms with Crippen molar-refractivity contribution in [2.24, 2.45) is 5.92 Å². The molecule has 0 aromatic heterocycles. The van der Waals surface area contributed by atoms with Crippen LogP contribution < -0.4 is 0 Å². The second-order valence-corrected chi connectivity index (χ2v) is 7.55. The summed E-state index contributed by atoms with van der Waals surface area (Å²) in [6.07, 6.45) is 1.09. The molecular formula is C19H27FN2O3. The molecule has 0 N–H and O–H groups in total. The molecule has 0 aliphatic carbocycles. The molecule has 0 saturated carbocycles. The summed E-state index contributed by atoms with van der Waals surface area (Å²) in [5, 5.41) is 0. The molecule has 0 bridgehead atoms. The first-order valence-electron chi connectivity index (χ1n) is 8.63. The van der Waals surface area contributed by atoms with E-state index in [0.29, 0.717) is 18.7 Å². The van der Waals surface area contributed by atoms with E-state index in [2.05, 4.69) is 0 Å². The fourth-order valence-electron chi connectivity index (χ4n) is 2.94. The van der Waals surface area contributed by atoms with Crippen molar-refractivity contribution < 1.29 is 18.7 Å². The van der Waals surface area contributed by atoms with Gasteiger partial charge in [-0.1, -0.05) is 18.2 Å². The van der Waals surface area contributed by atoms with E-state index in [1.165, 1.54) is 11.0 Å². The van der Waals surface area contributed by atoms with E-state index >= 15 is 0 Å². The van der Waals surface area contributed by atoms with Crippen LogP contribution in [-0.2, 0) is 16.1 Å². The van der Waals surface area contributed by atoms with E-state index in [-0.39, 0.29) is 30.3 Å². The summed E-state index contributed by atoms with van der Waals surface area (Å²) in [5.41, 5.74) is -0.0755. The number of hydrogen-bond acceptors (Lipinski definition) is 3. The van der Waals surface area contributed by atoms with Crippen molar-refractivity contribution in [3.05, 3.63) is 35.6 Å². The number of halogens is 1. The monoisotopic (exact) mass is 350 g/mol. The number of nitrogens with zero attached hydrogens (tertiary/aromatic N) is 2. The summed E-state index contributed by atoms with van der Waals surface area (Å²) < 4.78 is 19.2. The number of amides is 2. The van der Waals surface area contributed by atoms with Crippen molar-refractivity contribution in [3.8, 4) is 0 Å². The molecule has 1 atom stereocenters. The third-order valence-corrected chi connectivity index (χ3v) is 4.16. The van der Waals surface area contributed by atoms with Crippen LogP contribution in [0.1, 0.15) is 39.2 Å². The van der Waals surface area contributed by atoms with E-state index < -0.39 is 5.60 Å². The Morgan fingerprint density at radius 3 is 2.64 bits per heavy atom. The van der Waals surface area contributed by atoms with Gasteiger partial charge in [0.2, 0.25) is 5.91 Å². The minimum absolute atomic E-state index is 0.0727. The Bertz CT molecular complexity index is 627. The van der Waals surface area contributed by atoms with Gasteiger partial charge in [-0.2, -0.15) is 0 Å². The van der Waals surface area contributed by atoms with Crippen molar-refractivity contribution in [1.29, 1.82) is 0 Å². The number of carbonyl (C=O) groups excluding carboxylic acids is 2. The quantitative estimate of drug-likeness (QED) is 0.839. The number of piperidine rings is 1. The lowest BCUT2D eigenvalue weighted by molar-refractivity contribution is -0.136. The Hall–Kier alpha value is -2.11. The van der Waals surface area contributed by atoms with Crippen LogP contribution in [0.4, 0.5) is 9.18 Å². The third-order valence-electron chi connectivity index (χ3n) is 4.16. The van der Waals surface area contributed by atoms with Gasteiger partial charge in [0.15, 0.2) is 0 Å². The lowest BCUT2D eigenvalue weighted by atomic mass is 9.96. The number of hydrogen-bond donors (Lipinski definition) is 0. The van der Waals surface area contributed by atoms with Crippen molar-refractivity contribution in [2.45, 2.75) is 45.8 Å². The van der Waals surface area contributed by atoms with Crippen LogP contribution in [0.3, 0.4) is 0 Å². The number of ether oxygens (including phenoxy) is 1. The van der Waals surface area contributed by atoms with Crippen molar-refractivity contribution >= 4 is 12.0 Å². The predicted octanol–water partition coefficient (Wildman–Crippen LogP) is 3.43. The van der Waals surface area contributed by atoms with E-state index in [0.717, 1.165) is 12.8 Å². The molecule has 1 aliphatic heterocycles. The average Bonchev–Trinajstić information content (AvgIpc) is 2.54. The highest BCUT2D eigenvalue weighted by Crippen LogP contribution is 2.22. The maximum absolute atomic E-state index is 13.8. The van der Waals surface area contributed by atoms with Crippen LogP contribution in [-0.4, -0.2) is 47.5 Å². The Balaban J connectivity index is 1.96. The lowest BCUT2D eigenvalue weighted by Gasteiger charge is -2.35. The molecule has 25 heavy (non-hydrogen) atoms. The summed E-state index contributed by atoms with van der Waals surface area (Å²) in [4.78, 5) is 28.0. The number of rotatable bonds is 3. The smallest absolute Gasteiger partial charge is 0.410 e. The predicted molar refractivity (Wildman–Crippen MR) is 93.4 cm³/mol. The number of carbonyl (C=O) groups is 2. The van der Waals surface area contributed by atoms with Crippen LogP contribution in [0.25, 0.3) is 0 Å². The molecule has 5 nitrogen and oxygen atoms in total. The van der Waals surface area contributed by atoms with E-state index in [4.69, 9.17) is 4.74 Å². The zero-order chi connectivity index (χ0) is 18.6. The number of likely N-dealkylation sites (tertiary alicyclic amines) is 1. The van der Waals surface area contributed by atoms with Gasteiger partial charge in [-0.3, -0.25) is 4.79 Å². The fraction of sp³-hybridized carbons (Fsp3) is 0.579. The Kier molecular flexibility index (Phi) is 6.03. The molecule has 1 aromatic rings. The average molecular weight is 350 g/mol. The minimum Gasteiger partial charge on any atom is -0.444 e. The Morgan fingerprint density at radius 1 is 1.32 bits per heavy atom. The highest BCUT2D eigenvalue weighted by atomic mass is 19.1. The second kappa shape index (κ2) is 7.85. The first kappa shape index (κ1) is 19.2. The second-order valence-electron chi connectivity index (χ2n) is 7.55. The lowest BCUT2D eigenvalue weighted by Crippen LogP contribution is -2.47. The minimum atomic E-state index is -0.560. The normalized spacial score (nSPS) is 18.0. The zero-order valence-electron chi connectivity index (χ0n) is 15.4. The van der Waals surface area contributed by atoms with Gasteiger partial charge < -0.3 is 14.5 Å². The topological polar surface area (TPSA) is 49.9 Å². The summed E-state index contributed by atoms with van der Waals surface area (Å²) >= 11 is 0. The molecule has 1 saturated heterocycles. The molecular weight excluding hydrogens is 323 g/mol. The molecule has 0 spiro atoms. The van der Waals surface area contributed by atoms with Gasteiger partial charge in [0.1, 0.15) is 11.4 Å². The van der Waals surface area contributed by atoms with Gasteiger partial charge in [-0.25, -0.2) is 9.18 Å². The maximum atomic E-state index is 13.8. The van der Waals surface area contributed by atoms with Crippen molar-refractivity contribution in [1.82, 2.24) is 9.80 Å². The van der Waals surface area contributed by atoms with Gasteiger partial charge in [0.25, 0.3) is 0 Å². The summed E-state index contributed by atoms with van der Waals surface area (Å²) in [6.45, 7) is 6.61. The van der Waals surface area contributed by atoms with Crippen LogP contribution in [0.2, 0.25) is 0 Å². The summed E-state index contributed by atoms with van der Waals surface area (Å²) in [5.74, 6) is -0.671. The van der Waals surface area contributed by atoms with Crippen LogP contribution in [0.5, 0.6) is 0 Å².